The van der Waals surface area contributed by atoms with Crippen molar-refractivity contribution in [3.63, 3.8) is 0 Å². The third kappa shape index (κ3) is 3.52. The lowest BCUT2D eigenvalue weighted by Gasteiger charge is -2.35. The van der Waals surface area contributed by atoms with E-state index >= 15 is 0 Å². The molecule has 0 spiro atoms. The van der Waals surface area contributed by atoms with E-state index in [4.69, 9.17) is 0 Å². The molecule has 1 aromatic carbocycles. The minimum atomic E-state index is -2.51. The number of likely N-dealkylation sites (N-methyl/N-ethyl adjacent to an activating group) is 1. The number of nitrogens with zero attached hydrogens (tertiary/aromatic N) is 3. The summed E-state index contributed by atoms with van der Waals surface area (Å²) in [7, 11) is 2.13. The van der Waals surface area contributed by atoms with Crippen LogP contribution in [0.25, 0.3) is 0 Å². The lowest BCUT2D eigenvalue weighted by atomic mass is 10.1. The summed E-state index contributed by atoms with van der Waals surface area (Å²) < 4.78 is 26.7. The normalized spacial score (nSPS) is 23.7. The van der Waals surface area contributed by atoms with Gasteiger partial charge in [0.1, 0.15) is 0 Å². The first-order chi connectivity index (χ1) is 10.0. The molecule has 0 amide bonds. The number of rotatable bonds is 3. The number of hydrogen-bond donors (Lipinski definition) is 0. The fourth-order valence-corrected chi connectivity index (χ4v) is 3.18. The Bertz CT molecular complexity index is 484. The van der Waals surface area contributed by atoms with Gasteiger partial charge in [-0.2, -0.15) is 0 Å². The second kappa shape index (κ2) is 5.89. The third-order valence-electron chi connectivity index (χ3n) is 4.48. The van der Waals surface area contributed by atoms with E-state index < -0.39 is 5.92 Å². The van der Waals surface area contributed by atoms with E-state index in [-0.39, 0.29) is 13.0 Å². The predicted molar refractivity (Wildman–Crippen MR) is 81.0 cm³/mol. The molecule has 2 fully saturated rings. The van der Waals surface area contributed by atoms with Gasteiger partial charge in [-0.3, -0.25) is 4.90 Å². The maximum Gasteiger partial charge on any atom is 0.261 e. The van der Waals surface area contributed by atoms with Crippen LogP contribution >= 0.6 is 0 Å². The van der Waals surface area contributed by atoms with E-state index in [2.05, 4.69) is 29.0 Å². The van der Waals surface area contributed by atoms with Crippen LogP contribution in [0.5, 0.6) is 0 Å². The van der Waals surface area contributed by atoms with Crippen molar-refractivity contribution in [1.82, 2.24) is 9.80 Å². The van der Waals surface area contributed by atoms with Crippen LogP contribution in [0.3, 0.4) is 0 Å². The molecule has 0 atom stereocenters. The molecule has 0 saturated carbocycles. The number of para-hydroxylation sites is 1. The van der Waals surface area contributed by atoms with E-state index in [1.54, 1.807) is 0 Å². The summed E-state index contributed by atoms with van der Waals surface area (Å²) in [5.41, 5.74) is 2.38. The van der Waals surface area contributed by atoms with Crippen molar-refractivity contribution in [2.75, 3.05) is 51.2 Å². The highest BCUT2D eigenvalue weighted by molar-refractivity contribution is 5.54. The van der Waals surface area contributed by atoms with Gasteiger partial charge in [0, 0.05) is 51.4 Å². The van der Waals surface area contributed by atoms with Crippen LogP contribution in [-0.2, 0) is 6.54 Å². The molecule has 0 bridgehead atoms. The van der Waals surface area contributed by atoms with Crippen LogP contribution in [0, 0.1) is 0 Å². The Morgan fingerprint density at radius 1 is 1.05 bits per heavy atom. The van der Waals surface area contributed by atoms with E-state index in [1.165, 1.54) is 11.3 Å². The monoisotopic (exact) mass is 295 g/mol. The molecule has 116 valence electrons. The van der Waals surface area contributed by atoms with Gasteiger partial charge >= 0.3 is 0 Å². The molecule has 2 aliphatic rings. The van der Waals surface area contributed by atoms with Crippen molar-refractivity contribution in [3.8, 4) is 0 Å². The standard InChI is InChI=1S/C16H23F2N3/c1-19-8-10-21(11-9-19)15-5-3-2-4-14(15)12-20-7-6-16(17,18)13-20/h2-5H,6-13H2,1H3. The second-order valence-corrected chi connectivity index (χ2v) is 6.24. The van der Waals surface area contributed by atoms with Crippen molar-refractivity contribution < 1.29 is 8.78 Å². The molecule has 0 aromatic heterocycles. The molecule has 3 rings (SSSR count). The Balaban J connectivity index is 1.71. The van der Waals surface area contributed by atoms with Crippen LogP contribution in [0.4, 0.5) is 14.5 Å². The fraction of sp³-hybridized carbons (Fsp3) is 0.625. The van der Waals surface area contributed by atoms with Gasteiger partial charge in [0.05, 0.1) is 6.54 Å². The Labute approximate surface area is 125 Å². The molecule has 2 saturated heterocycles. The molecular weight excluding hydrogens is 272 g/mol. The Morgan fingerprint density at radius 2 is 1.76 bits per heavy atom. The SMILES string of the molecule is CN1CCN(c2ccccc2CN2CCC(F)(F)C2)CC1. The number of piperazine rings is 1. The Hall–Kier alpha value is -1.20. The molecule has 0 N–H and O–H groups in total. The number of hydrogen-bond acceptors (Lipinski definition) is 3. The zero-order valence-electron chi connectivity index (χ0n) is 12.6. The highest BCUT2D eigenvalue weighted by Crippen LogP contribution is 2.30. The maximum atomic E-state index is 13.3. The lowest BCUT2D eigenvalue weighted by molar-refractivity contribution is 0.0115. The highest BCUT2D eigenvalue weighted by atomic mass is 19.3. The van der Waals surface area contributed by atoms with Gasteiger partial charge in [0.15, 0.2) is 0 Å². The number of likely N-dealkylation sites (tertiary alicyclic amines) is 1. The van der Waals surface area contributed by atoms with E-state index in [0.29, 0.717) is 13.1 Å². The number of anilines is 1. The van der Waals surface area contributed by atoms with Crippen LogP contribution < -0.4 is 4.90 Å². The van der Waals surface area contributed by atoms with Gasteiger partial charge in [-0.25, -0.2) is 8.78 Å². The smallest absolute Gasteiger partial charge is 0.261 e. The largest absolute Gasteiger partial charge is 0.369 e. The topological polar surface area (TPSA) is 9.72 Å². The quantitative estimate of drug-likeness (QED) is 0.847. The highest BCUT2D eigenvalue weighted by Gasteiger charge is 2.38. The van der Waals surface area contributed by atoms with Gasteiger partial charge in [-0.15, -0.1) is 0 Å². The van der Waals surface area contributed by atoms with Crippen molar-refractivity contribution >= 4 is 5.69 Å². The minimum absolute atomic E-state index is 0.0102. The summed E-state index contributed by atoms with van der Waals surface area (Å²) in [6.07, 6.45) is -0.0102. The van der Waals surface area contributed by atoms with E-state index in [0.717, 1.165) is 26.2 Å². The zero-order chi connectivity index (χ0) is 14.9. The molecule has 0 unspecified atom stereocenters. The third-order valence-corrected chi connectivity index (χ3v) is 4.48. The van der Waals surface area contributed by atoms with Crippen LogP contribution in [0.15, 0.2) is 24.3 Å². The molecule has 0 radical (unpaired) electrons. The number of benzene rings is 1. The first-order valence-corrected chi connectivity index (χ1v) is 7.65. The van der Waals surface area contributed by atoms with E-state index in [1.807, 2.05) is 17.0 Å². The summed E-state index contributed by atoms with van der Waals surface area (Å²) in [6, 6.07) is 8.23. The van der Waals surface area contributed by atoms with Gasteiger partial charge in [0.2, 0.25) is 0 Å². The summed E-state index contributed by atoms with van der Waals surface area (Å²) in [4.78, 5) is 6.57. The van der Waals surface area contributed by atoms with Gasteiger partial charge in [0.25, 0.3) is 5.92 Å². The Morgan fingerprint density at radius 3 is 2.43 bits per heavy atom. The van der Waals surface area contributed by atoms with Crippen molar-refractivity contribution in [3.05, 3.63) is 29.8 Å². The van der Waals surface area contributed by atoms with Gasteiger partial charge in [-0.1, -0.05) is 18.2 Å². The van der Waals surface area contributed by atoms with Crippen molar-refractivity contribution in [2.24, 2.45) is 0 Å². The van der Waals surface area contributed by atoms with Crippen LogP contribution in [0.1, 0.15) is 12.0 Å². The zero-order valence-corrected chi connectivity index (χ0v) is 12.6. The summed E-state index contributed by atoms with van der Waals surface area (Å²) in [6.45, 7) is 5.12. The average molecular weight is 295 g/mol. The predicted octanol–water partition coefficient (Wildman–Crippen LogP) is 2.28. The number of alkyl halides is 2. The van der Waals surface area contributed by atoms with Crippen LogP contribution in [-0.4, -0.2) is 62.0 Å². The lowest BCUT2D eigenvalue weighted by Crippen LogP contribution is -2.45. The molecular formula is C16H23F2N3. The molecule has 21 heavy (non-hydrogen) atoms. The molecule has 5 heteroatoms. The molecule has 1 aromatic rings. The Kier molecular flexibility index (Phi) is 4.13. The number of halogens is 2. The summed E-state index contributed by atoms with van der Waals surface area (Å²) in [5.74, 6) is -2.51. The van der Waals surface area contributed by atoms with E-state index in [9.17, 15) is 8.78 Å². The van der Waals surface area contributed by atoms with Crippen LogP contribution in [0.2, 0.25) is 0 Å². The first-order valence-electron chi connectivity index (χ1n) is 7.65. The second-order valence-electron chi connectivity index (χ2n) is 6.24. The summed E-state index contributed by atoms with van der Waals surface area (Å²) in [5, 5.41) is 0. The summed E-state index contributed by atoms with van der Waals surface area (Å²) >= 11 is 0. The van der Waals surface area contributed by atoms with Gasteiger partial charge < -0.3 is 9.80 Å². The molecule has 2 heterocycles. The fourth-order valence-electron chi connectivity index (χ4n) is 3.18. The van der Waals surface area contributed by atoms with Crippen molar-refractivity contribution in [2.45, 2.75) is 18.9 Å². The molecule has 0 aliphatic carbocycles. The molecule has 2 aliphatic heterocycles. The first kappa shape index (κ1) is 14.7. The molecule has 3 nitrogen and oxygen atoms in total. The van der Waals surface area contributed by atoms with Crippen molar-refractivity contribution in [1.29, 1.82) is 0 Å². The average Bonchev–Trinajstić information content (AvgIpc) is 2.80. The maximum absolute atomic E-state index is 13.3. The van der Waals surface area contributed by atoms with Gasteiger partial charge in [-0.05, 0) is 18.7 Å². The minimum Gasteiger partial charge on any atom is -0.369 e.